The van der Waals surface area contributed by atoms with Gasteiger partial charge in [-0.05, 0) is 43.9 Å². The van der Waals surface area contributed by atoms with Crippen LogP contribution in [-0.4, -0.2) is 23.9 Å². The first-order valence-corrected chi connectivity index (χ1v) is 6.60. The third-order valence-electron chi connectivity index (χ3n) is 3.47. The highest BCUT2D eigenvalue weighted by Gasteiger charge is 2.21. The molecule has 0 saturated carbocycles. The molecule has 1 aromatic carbocycles. The number of hydrogen-bond acceptors (Lipinski definition) is 2. The lowest BCUT2D eigenvalue weighted by molar-refractivity contribution is -0.125. The normalized spacial score (nSPS) is 15.4. The summed E-state index contributed by atoms with van der Waals surface area (Å²) in [4.78, 5) is 14.0. The van der Waals surface area contributed by atoms with Gasteiger partial charge in [-0.1, -0.05) is 23.8 Å². The molecule has 2 rings (SSSR count). The van der Waals surface area contributed by atoms with Crippen LogP contribution in [0.2, 0.25) is 0 Å². The molecule has 1 aliphatic rings. The maximum absolute atomic E-state index is 12.2. The molecule has 19 heavy (non-hydrogen) atoms. The van der Waals surface area contributed by atoms with Crippen molar-refractivity contribution in [3.63, 3.8) is 0 Å². The lowest BCUT2D eigenvalue weighted by atomic mass is 10.0. The van der Waals surface area contributed by atoms with Gasteiger partial charge in [-0.25, -0.2) is 0 Å². The van der Waals surface area contributed by atoms with E-state index in [1.807, 2.05) is 32.0 Å². The number of aryl methyl sites for hydroxylation is 2. The fraction of sp³-hybridized carbons (Fsp3) is 0.375. The van der Waals surface area contributed by atoms with Gasteiger partial charge in [0.1, 0.15) is 11.6 Å². The summed E-state index contributed by atoms with van der Waals surface area (Å²) in [6.07, 6.45) is 3.78. The number of nitriles is 1. The van der Waals surface area contributed by atoms with Crippen molar-refractivity contribution >= 4 is 12.0 Å². The minimum atomic E-state index is -0.139. The van der Waals surface area contributed by atoms with Crippen LogP contribution >= 0.6 is 0 Å². The van der Waals surface area contributed by atoms with Gasteiger partial charge in [0.15, 0.2) is 0 Å². The number of likely N-dealkylation sites (tertiary alicyclic amines) is 1. The predicted octanol–water partition coefficient (Wildman–Crippen LogP) is 2.83. The molecule has 1 heterocycles. The zero-order valence-electron chi connectivity index (χ0n) is 11.4. The van der Waals surface area contributed by atoms with Crippen LogP contribution in [0.25, 0.3) is 6.08 Å². The molecule has 1 aliphatic heterocycles. The van der Waals surface area contributed by atoms with Crippen molar-refractivity contribution in [1.29, 1.82) is 5.26 Å². The first-order chi connectivity index (χ1) is 9.11. The monoisotopic (exact) mass is 254 g/mol. The Hall–Kier alpha value is -2.08. The second-order valence-electron chi connectivity index (χ2n) is 5.03. The lowest BCUT2D eigenvalue weighted by Crippen LogP contribution is -2.28. The quantitative estimate of drug-likeness (QED) is 0.601. The van der Waals surface area contributed by atoms with Gasteiger partial charge >= 0.3 is 0 Å². The first kappa shape index (κ1) is 13.4. The molecule has 0 N–H and O–H groups in total. The van der Waals surface area contributed by atoms with Crippen molar-refractivity contribution in [2.75, 3.05) is 13.1 Å². The number of hydrogen-bond donors (Lipinski definition) is 0. The van der Waals surface area contributed by atoms with E-state index < -0.39 is 0 Å². The fourth-order valence-electron chi connectivity index (χ4n) is 2.38. The molecule has 0 spiro atoms. The third-order valence-corrected chi connectivity index (χ3v) is 3.47. The molecule has 1 fully saturated rings. The van der Waals surface area contributed by atoms with E-state index in [2.05, 4.69) is 6.07 Å². The maximum Gasteiger partial charge on any atom is 0.264 e. The molecule has 0 bridgehead atoms. The molecule has 0 atom stereocenters. The SMILES string of the molecule is Cc1ccc(C=C(C#N)C(=O)N2CCCC2)c(C)c1. The highest BCUT2D eigenvalue weighted by Crippen LogP contribution is 2.17. The molecule has 0 aromatic heterocycles. The van der Waals surface area contributed by atoms with Gasteiger partial charge < -0.3 is 4.90 Å². The van der Waals surface area contributed by atoms with Crippen LogP contribution in [0.15, 0.2) is 23.8 Å². The largest absolute Gasteiger partial charge is 0.338 e. The smallest absolute Gasteiger partial charge is 0.264 e. The Bertz CT molecular complexity index is 561. The van der Waals surface area contributed by atoms with Crippen molar-refractivity contribution in [1.82, 2.24) is 4.90 Å². The molecule has 1 saturated heterocycles. The molecule has 98 valence electrons. The van der Waals surface area contributed by atoms with Crippen LogP contribution in [0.4, 0.5) is 0 Å². The number of nitrogens with zero attached hydrogens (tertiary/aromatic N) is 2. The summed E-state index contributed by atoms with van der Waals surface area (Å²) in [5.74, 6) is -0.139. The summed E-state index contributed by atoms with van der Waals surface area (Å²) in [5.41, 5.74) is 3.43. The Labute approximate surface area is 114 Å². The molecule has 0 radical (unpaired) electrons. The first-order valence-electron chi connectivity index (χ1n) is 6.60. The standard InChI is InChI=1S/C16H18N2O/c1-12-5-6-14(13(2)9-12)10-15(11-17)16(19)18-7-3-4-8-18/h5-6,9-10H,3-4,7-8H2,1-2H3. The molecule has 3 heteroatoms. The topological polar surface area (TPSA) is 44.1 Å². The van der Waals surface area contributed by atoms with E-state index in [4.69, 9.17) is 0 Å². The van der Waals surface area contributed by atoms with E-state index in [0.29, 0.717) is 0 Å². The van der Waals surface area contributed by atoms with E-state index in [1.54, 1.807) is 11.0 Å². The summed E-state index contributed by atoms with van der Waals surface area (Å²) in [5, 5.41) is 9.20. The van der Waals surface area contributed by atoms with E-state index in [9.17, 15) is 10.1 Å². The van der Waals surface area contributed by atoms with E-state index in [1.165, 1.54) is 5.56 Å². The van der Waals surface area contributed by atoms with Crippen LogP contribution in [0.5, 0.6) is 0 Å². The minimum absolute atomic E-state index is 0.139. The Morgan fingerprint density at radius 3 is 2.58 bits per heavy atom. The summed E-state index contributed by atoms with van der Waals surface area (Å²) < 4.78 is 0. The highest BCUT2D eigenvalue weighted by atomic mass is 16.2. The van der Waals surface area contributed by atoms with Gasteiger partial charge in [0.2, 0.25) is 0 Å². The summed E-state index contributed by atoms with van der Waals surface area (Å²) in [7, 11) is 0. The molecule has 0 aliphatic carbocycles. The van der Waals surface area contributed by atoms with Crippen molar-refractivity contribution in [3.8, 4) is 6.07 Å². The Morgan fingerprint density at radius 1 is 1.32 bits per heavy atom. The van der Waals surface area contributed by atoms with Gasteiger partial charge in [-0.2, -0.15) is 5.26 Å². The van der Waals surface area contributed by atoms with Gasteiger partial charge in [0.25, 0.3) is 5.91 Å². The Balaban J connectivity index is 2.28. The lowest BCUT2D eigenvalue weighted by Gasteiger charge is -2.14. The fourth-order valence-corrected chi connectivity index (χ4v) is 2.38. The number of carbonyl (C=O) groups excluding carboxylic acids is 1. The average molecular weight is 254 g/mol. The van der Waals surface area contributed by atoms with Crippen molar-refractivity contribution < 1.29 is 4.79 Å². The van der Waals surface area contributed by atoms with E-state index in [0.717, 1.165) is 37.1 Å². The zero-order valence-corrected chi connectivity index (χ0v) is 11.4. The van der Waals surface area contributed by atoms with E-state index >= 15 is 0 Å². The summed E-state index contributed by atoms with van der Waals surface area (Å²) in [6, 6.07) is 8.05. The van der Waals surface area contributed by atoms with Crippen molar-refractivity contribution in [2.24, 2.45) is 0 Å². The Morgan fingerprint density at radius 2 is 2.00 bits per heavy atom. The maximum atomic E-state index is 12.2. The van der Waals surface area contributed by atoms with Gasteiger partial charge in [0.05, 0.1) is 0 Å². The highest BCUT2D eigenvalue weighted by molar-refractivity contribution is 6.01. The van der Waals surface area contributed by atoms with Gasteiger partial charge in [-0.3, -0.25) is 4.79 Å². The summed E-state index contributed by atoms with van der Waals surface area (Å²) >= 11 is 0. The predicted molar refractivity (Wildman–Crippen MR) is 75.3 cm³/mol. The molecule has 3 nitrogen and oxygen atoms in total. The Kier molecular flexibility index (Phi) is 4.01. The average Bonchev–Trinajstić information content (AvgIpc) is 2.91. The second-order valence-corrected chi connectivity index (χ2v) is 5.03. The van der Waals surface area contributed by atoms with Crippen LogP contribution in [0.3, 0.4) is 0 Å². The number of carbonyl (C=O) groups is 1. The molecule has 1 amide bonds. The summed E-state index contributed by atoms with van der Waals surface area (Å²) in [6.45, 7) is 5.56. The van der Waals surface area contributed by atoms with Crippen LogP contribution in [-0.2, 0) is 4.79 Å². The molecule has 1 aromatic rings. The molecule has 0 unspecified atom stereocenters. The van der Waals surface area contributed by atoms with Crippen LogP contribution < -0.4 is 0 Å². The van der Waals surface area contributed by atoms with E-state index in [-0.39, 0.29) is 11.5 Å². The number of rotatable bonds is 2. The number of amides is 1. The van der Waals surface area contributed by atoms with Crippen molar-refractivity contribution in [2.45, 2.75) is 26.7 Å². The third kappa shape index (κ3) is 3.03. The van der Waals surface area contributed by atoms with Crippen LogP contribution in [0, 0.1) is 25.2 Å². The second kappa shape index (κ2) is 5.71. The molecular weight excluding hydrogens is 236 g/mol. The zero-order chi connectivity index (χ0) is 13.8. The number of benzene rings is 1. The van der Waals surface area contributed by atoms with Crippen LogP contribution in [0.1, 0.15) is 29.5 Å². The van der Waals surface area contributed by atoms with Crippen molar-refractivity contribution in [3.05, 3.63) is 40.5 Å². The van der Waals surface area contributed by atoms with Gasteiger partial charge in [0, 0.05) is 13.1 Å². The molecular formula is C16H18N2O. The van der Waals surface area contributed by atoms with Gasteiger partial charge in [-0.15, -0.1) is 0 Å². The minimum Gasteiger partial charge on any atom is -0.338 e.